The Morgan fingerprint density at radius 3 is 2.58 bits per heavy atom. The number of anilines is 1. The third-order valence-corrected chi connectivity index (χ3v) is 3.81. The number of amides is 2. The van der Waals surface area contributed by atoms with Crippen LogP contribution in [-0.4, -0.2) is 30.6 Å². The topological polar surface area (TPSA) is 49.6 Å². The van der Waals surface area contributed by atoms with E-state index in [9.17, 15) is 4.79 Å². The monoisotopic (exact) mass is 261 g/mol. The Kier molecular flexibility index (Phi) is 3.54. The van der Waals surface area contributed by atoms with Crippen LogP contribution in [0.4, 0.5) is 10.5 Å². The van der Waals surface area contributed by atoms with Gasteiger partial charge in [-0.1, -0.05) is 32.9 Å². The van der Waals surface area contributed by atoms with Crippen molar-refractivity contribution >= 4 is 11.7 Å². The van der Waals surface area contributed by atoms with Gasteiger partial charge in [-0.25, -0.2) is 4.79 Å². The number of nitrogens with two attached hydrogens (primary N) is 1. The quantitative estimate of drug-likeness (QED) is 0.889. The van der Waals surface area contributed by atoms with Crippen molar-refractivity contribution in [3.05, 3.63) is 29.8 Å². The van der Waals surface area contributed by atoms with E-state index in [1.54, 1.807) is 0 Å². The van der Waals surface area contributed by atoms with Crippen LogP contribution < -0.4 is 10.6 Å². The lowest BCUT2D eigenvalue weighted by Gasteiger charge is -2.30. The highest BCUT2D eigenvalue weighted by molar-refractivity contribution is 5.94. The van der Waals surface area contributed by atoms with Gasteiger partial charge in [-0.3, -0.25) is 4.90 Å². The van der Waals surface area contributed by atoms with Crippen molar-refractivity contribution in [2.75, 3.05) is 18.5 Å². The van der Waals surface area contributed by atoms with E-state index in [1.807, 2.05) is 41.1 Å². The van der Waals surface area contributed by atoms with Gasteiger partial charge in [0.25, 0.3) is 0 Å². The average molecular weight is 261 g/mol. The summed E-state index contributed by atoms with van der Waals surface area (Å²) in [6.45, 7) is 7.73. The number of carbonyl (C=O) groups excluding carboxylic acids is 1. The SMILES string of the molecule is CN1C(=O)N(c2cccc(CN)c2)CC1C(C)(C)C. The van der Waals surface area contributed by atoms with Gasteiger partial charge in [0.05, 0.1) is 6.04 Å². The van der Waals surface area contributed by atoms with E-state index in [-0.39, 0.29) is 17.5 Å². The molecule has 1 fully saturated rings. The van der Waals surface area contributed by atoms with Gasteiger partial charge in [-0.15, -0.1) is 0 Å². The molecule has 0 saturated carbocycles. The Hall–Kier alpha value is -1.55. The van der Waals surface area contributed by atoms with Crippen LogP contribution in [-0.2, 0) is 6.54 Å². The second-order valence-corrected chi connectivity index (χ2v) is 6.26. The maximum Gasteiger partial charge on any atom is 0.324 e. The Balaban J connectivity index is 2.29. The summed E-state index contributed by atoms with van der Waals surface area (Å²) in [5.74, 6) is 0. The molecule has 0 aromatic heterocycles. The third-order valence-electron chi connectivity index (χ3n) is 3.81. The number of rotatable bonds is 2. The molecule has 0 aliphatic carbocycles. The smallest absolute Gasteiger partial charge is 0.324 e. The predicted molar refractivity (Wildman–Crippen MR) is 78.1 cm³/mol. The van der Waals surface area contributed by atoms with E-state index in [2.05, 4.69) is 20.8 Å². The molecule has 2 rings (SSSR count). The van der Waals surface area contributed by atoms with Crippen molar-refractivity contribution < 1.29 is 4.79 Å². The van der Waals surface area contributed by atoms with Gasteiger partial charge < -0.3 is 10.6 Å². The van der Waals surface area contributed by atoms with Crippen LogP contribution in [0.2, 0.25) is 0 Å². The summed E-state index contributed by atoms with van der Waals surface area (Å²) in [5, 5.41) is 0. The summed E-state index contributed by atoms with van der Waals surface area (Å²) in [6, 6.07) is 8.19. The van der Waals surface area contributed by atoms with Crippen LogP contribution in [0.3, 0.4) is 0 Å². The molecule has 4 heteroatoms. The molecule has 0 spiro atoms. The van der Waals surface area contributed by atoms with Crippen LogP contribution in [0.1, 0.15) is 26.3 Å². The lowest BCUT2D eigenvalue weighted by molar-refractivity contribution is 0.174. The van der Waals surface area contributed by atoms with Crippen molar-refractivity contribution in [3.8, 4) is 0 Å². The van der Waals surface area contributed by atoms with Gasteiger partial charge in [-0.05, 0) is 23.1 Å². The molecule has 1 aromatic rings. The van der Waals surface area contributed by atoms with Crippen LogP contribution >= 0.6 is 0 Å². The van der Waals surface area contributed by atoms with E-state index in [4.69, 9.17) is 5.73 Å². The molecule has 0 bridgehead atoms. The van der Waals surface area contributed by atoms with Crippen LogP contribution in [0.25, 0.3) is 0 Å². The molecule has 2 N–H and O–H groups in total. The Labute approximate surface area is 115 Å². The minimum atomic E-state index is 0.0640. The number of hydrogen-bond donors (Lipinski definition) is 1. The van der Waals surface area contributed by atoms with E-state index < -0.39 is 0 Å². The van der Waals surface area contributed by atoms with Gasteiger partial charge in [0.2, 0.25) is 0 Å². The van der Waals surface area contributed by atoms with E-state index in [0.29, 0.717) is 6.54 Å². The number of benzene rings is 1. The first kappa shape index (κ1) is 13.9. The fourth-order valence-electron chi connectivity index (χ4n) is 2.62. The lowest BCUT2D eigenvalue weighted by Crippen LogP contribution is -2.39. The number of likely N-dealkylation sites (N-methyl/N-ethyl adjacent to an activating group) is 1. The maximum absolute atomic E-state index is 12.4. The number of hydrogen-bond acceptors (Lipinski definition) is 2. The fraction of sp³-hybridized carbons (Fsp3) is 0.533. The van der Waals surface area contributed by atoms with Crippen molar-refractivity contribution in [1.82, 2.24) is 4.90 Å². The van der Waals surface area contributed by atoms with E-state index in [0.717, 1.165) is 17.8 Å². The molecule has 19 heavy (non-hydrogen) atoms. The summed E-state index contributed by atoms with van der Waals surface area (Å²) in [7, 11) is 1.88. The van der Waals surface area contributed by atoms with E-state index in [1.165, 1.54) is 0 Å². The first-order valence-electron chi connectivity index (χ1n) is 6.68. The Morgan fingerprint density at radius 1 is 1.37 bits per heavy atom. The van der Waals surface area contributed by atoms with Crippen LogP contribution in [0.5, 0.6) is 0 Å². The van der Waals surface area contributed by atoms with Crippen LogP contribution in [0, 0.1) is 5.41 Å². The normalized spacial score (nSPS) is 20.3. The number of nitrogens with zero attached hydrogens (tertiary/aromatic N) is 2. The zero-order valence-electron chi connectivity index (χ0n) is 12.2. The number of carbonyl (C=O) groups is 1. The zero-order chi connectivity index (χ0) is 14.2. The predicted octanol–water partition coefficient (Wildman–Crippen LogP) is 2.43. The van der Waals surface area contributed by atoms with Gasteiger partial charge >= 0.3 is 6.03 Å². The second kappa shape index (κ2) is 4.85. The van der Waals surface area contributed by atoms with Gasteiger partial charge in [0.15, 0.2) is 0 Å². The van der Waals surface area contributed by atoms with Crippen molar-refractivity contribution in [1.29, 1.82) is 0 Å². The molecule has 4 nitrogen and oxygen atoms in total. The fourth-order valence-corrected chi connectivity index (χ4v) is 2.62. The highest BCUT2D eigenvalue weighted by Crippen LogP contribution is 2.32. The van der Waals surface area contributed by atoms with Gasteiger partial charge in [0.1, 0.15) is 0 Å². The molecule has 1 aliphatic rings. The minimum Gasteiger partial charge on any atom is -0.326 e. The minimum absolute atomic E-state index is 0.0640. The lowest BCUT2D eigenvalue weighted by atomic mass is 9.86. The molecule has 1 aromatic carbocycles. The molecule has 2 amide bonds. The molecule has 1 heterocycles. The summed E-state index contributed by atoms with van der Waals surface area (Å²) in [6.07, 6.45) is 0. The molecule has 0 radical (unpaired) electrons. The zero-order valence-corrected chi connectivity index (χ0v) is 12.2. The molecule has 1 saturated heterocycles. The van der Waals surface area contributed by atoms with Gasteiger partial charge in [-0.2, -0.15) is 0 Å². The summed E-state index contributed by atoms with van der Waals surface area (Å²) in [4.78, 5) is 16.1. The number of urea groups is 1. The first-order chi connectivity index (χ1) is 8.84. The highest BCUT2D eigenvalue weighted by Gasteiger charge is 2.41. The summed E-state index contributed by atoms with van der Waals surface area (Å²) >= 11 is 0. The highest BCUT2D eigenvalue weighted by atomic mass is 16.2. The molecule has 1 unspecified atom stereocenters. The largest absolute Gasteiger partial charge is 0.326 e. The maximum atomic E-state index is 12.4. The molecular formula is C15H23N3O. The van der Waals surface area contributed by atoms with Crippen molar-refractivity contribution in [2.24, 2.45) is 11.1 Å². The molecular weight excluding hydrogens is 238 g/mol. The third kappa shape index (κ3) is 2.59. The van der Waals surface area contributed by atoms with Crippen LogP contribution in [0.15, 0.2) is 24.3 Å². The molecule has 1 aliphatic heterocycles. The Bertz CT molecular complexity index is 479. The average Bonchev–Trinajstić information content (AvgIpc) is 2.66. The van der Waals surface area contributed by atoms with Gasteiger partial charge in [0, 0.05) is 25.8 Å². The second-order valence-electron chi connectivity index (χ2n) is 6.26. The first-order valence-corrected chi connectivity index (χ1v) is 6.68. The van der Waals surface area contributed by atoms with Crippen molar-refractivity contribution in [3.63, 3.8) is 0 Å². The summed E-state index contributed by atoms with van der Waals surface area (Å²) in [5.41, 5.74) is 7.72. The van der Waals surface area contributed by atoms with E-state index >= 15 is 0 Å². The summed E-state index contributed by atoms with van der Waals surface area (Å²) < 4.78 is 0. The van der Waals surface area contributed by atoms with Crippen molar-refractivity contribution in [2.45, 2.75) is 33.4 Å². The molecule has 104 valence electrons. The standard InChI is InChI=1S/C15H23N3O/c1-15(2,3)13-10-18(14(19)17(13)4)12-7-5-6-11(8-12)9-16/h5-8,13H,9-10,16H2,1-4H3. The Morgan fingerprint density at radius 2 is 2.05 bits per heavy atom. The molecule has 1 atom stereocenters.